The Kier molecular flexibility index (Phi) is 3.18. The molecule has 1 aliphatic heterocycles. The van der Waals surface area contributed by atoms with E-state index in [-0.39, 0.29) is 11.8 Å². The zero-order valence-corrected chi connectivity index (χ0v) is 12.4. The lowest BCUT2D eigenvalue weighted by atomic mass is 10.2. The van der Waals surface area contributed by atoms with E-state index >= 15 is 0 Å². The number of rotatable bonds is 3. The largest absolute Gasteiger partial charge is 0.368 e. The van der Waals surface area contributed by atoms with Crippen LogP contribution in [0.15, 0.2) is 42.7 Å². The van der Waals surface area contributed by atoms with Crippen molar-refractivity contribution in [2.75, 3.05) is 10.6 Å². The molecule has 7 heteroatoms. The van der Waals surface area contributed by atoms with Gasteiger partial charge in [-0.15, -0.1) is 0 Å². The van der Waals surface area contributed by atoms with Gasteiger partial charge in [0.25, 0.3) is 0 Å². The minimum Gasteiger partial charge on any atom is -0.368 e. The van der Waals surface area contributed by atoms with Crippen molar-refractivity contribution >= 4 is 11.8 Å². The van der Waals surface area contributed by atoms with Gasteiger partial charge in [0.2, 0.25) is 5.95 Å². The molecule has 0 spiro atoms. The molecule has 0 bridgehead atoms. The predicted octanol–water partition coefficient (Wildman–Crippen LogP) is 1.96. The fourth-order valence-electron chi connectivity index (χ4n) is 2.81. The number of benzene rings is 1. The average molecular weight is 310 g/mol. The summed E-state index contributed by atoms with van der Waals surface area (Å²) in [5, 5.41) is 4.44. The molecule has 116 valence electrons. The maximum absolute atomic E-state index is 13.0. The van der Waals surface area contributed by atoms with Gasteiger partial charge in [-0.2, -0.15) is 10.1 Å². The van der Waals surface area contributed by atoms with Gasteiger partial charge in [0.05, 0.1) is 25.0 Å². The molecule has 0 fully saturated rings. The number of halogens is 1. The minimum atomic E-state index is -0.230. The second kappa shape index (κ2) is 5.35. The maximum Gasteiger partial charge on any atom is 0.221 e. The van der Waals surface area contributed by atoms with Crippen molar-refractivity contribution in [2.24, 2.45) is 0 Å². The van der Waals surface area contributed by atoms with Crippen molar-refractivity contribution in [1.82, 2.24) is 19.7 Å². The highest BCUT2D eigenvalue weighted by Gasteiger charge is 2.24. The van der Waals surface area contributed by atoms with Gasteiger partial charge >= 0.3 is 0 Å². The van der Waals surface area contributed by atoms with Crippen molar-refractivity contribution in [1.29, 1.82) is 0 Å². The van der Waals surface area contributed by atoms with Gasteiger partial charge in [0.15, 0.2) is 0 Å². The number of aromatic nitrogens is 4. The van der Waals surface area contributed by atoms with Gasteiger partial charge in [0.1, 0.15) is 11.6 Å². The Hall–Kier alpha value is -2.96. The summed E-state index contributed by atoms with van der Waals surface area (Å²) in [6.45, 7) is 2.08. The van der Waals surface area contributed by atoms with Crippen LogP contribution in [-0.2, 0) is 19.6 Å². The van der Waals surface area contributed by atoms with Crippen LogP contribution in [0.4, 0.5) is 16.2 Å². The van der Waals surface area contributed by atoms with E-state index in [9.17, 15) is 4.39 Å². The van der Waals surface area contributed by atoms with Crippen LogP contribution in [0, 0.1) is 5.82 Å². The van der Waals surface area contributed by atoms with Crippen LogP contribution >= 0.6 is 0 Å². The van der Waals surface area contributed by atoms with E-state index in [1.54, 1.807) is 18.3 Å². The van der Waals surface area contributed by atoms with Crippen molar-refractivity contribution < 1.29 is 4.39 Å². The first kappa shape index (κ1) is 13.7. The number of nitrogen functional groups attached to an aromatic ring is 1. The lowest BCUT2D eigenvalue weighted by Crippen LogP contribution is -2.19. The summed E-state index contributed by atoms with van der Waals surface area (Å²) in [4.78, 5) is 10.3. The molecule has 3 aromatic rings. The molecule has 0 unspecified atom stereocenters. The quantitative estimate of drug-likeness (QED) is 0.800. The highest BCUT2D eigenvalue weighted by molar-refractivity contribution is 5.46. The summed E-state index contributed by atoms with van der Waals surface area (Å²) >= 11 is 0. The van der Waals surface area contributed by atoms with Gasteiger partial charge in [-0.3, -0.25) is 4.68 Å². The molecule has 0 atom stereocenters. The zero-order valence-electron chi connectivity index (χ0n) is 12.4. The lowest BCUT2D eigenvalue weighted by Gasteiger charge is -2.17. The molecular formula is C16H15FN6. The summed E-state index contributed by atoms with van der Waals surface area (Å²) in [7, 11) is 0. The normalized spacial score (nSPS) is 13.3. The molecule has 23 heavy (non-hydrogen) atoms. The van der Waals surface area contributed by atoms with Gasteiger partial charge in [-0.1, -0.05) is 12.1 Å². The first-order chi connectivity index (χ1) is 11.2. The Bertz CT molecular complexity index is 842. The van der Waals surface area contributed by atoms with E-state index in [0.717, 1.165) is 23.6 Å². The molecule has 4 rings (SSSR count). The molecule has 1 aliphatic rings. The predicted molar refractivity (Wildman–Crippen MR) is 84.1 cm³/mol. The monoisotopic (exact) mass is 310 g/mol. The SMILES string of the molecule is Nc1nccc(N2Cc3cnn(Cc4ccc(F)cc4)c3C2)n1. The number of hydrogen-bond donors (Lipinski definition) is 1. The van der Waals surface area contributed by atoms with Crippen LogP contribution in [0.3, 0.4) is 0 Å². The lowest BCUT2D eigenvalue weighted by molar-refractivity contribution is 0.620. The molecule has 6 nitrogen and oxygen atoms in total. The van der Waals surface area contributed by atoms with E-state index in [0.29, 0.717) is 13.1 Å². The Morgan fingerprint density at radius 1 is 1.13 bits per heavy atom. The summed E-state index contributed by atoms with van der Waals surface area (Å²) in [6, 6.07) is 8.34. The molecule has 0 saturated carbocycles. The fourth-order valence-corrected chi connectivity index (χ4v) is 2.81. The van der Waals surface area contributed by atoms with E-state index in [4.69, 9.17) is 5.73 Å². The Balaban J connectivity index is 1.56. The first-order valence-corrected chi connectivity index (χ1v) is 7.30. The standard InChI is InChI=1S/C16H15FN6/c17-13-3-1-11(2-4-13)8-23-14-10-22(9-12(14)7-20-23)15-5-6-19-16(18)21-15/h1-7H,8-10H2,(H2,18,19,21). The van der Waals surface area contributed by atoms with Crippen LogP contribution in [0.1, 0.15) is 16.8 Å². The van der Waals surface area contributed by atoms with Crippen LogP contribution in [0.5, 0.6) is 0 Å². The maximum atomic E-state index is 13.0. The molecule has 0 aliphatic carbocycles. The number of nitrogens with zero attached hydrogens (tertiary/aromatic N) is 5. The molecule has 0 radical (unpaired) electrons. The van der Waals surface area contributed by atoms with Gasteiger partial charge in [-0.25, -0.2) is 9.37 Å². The molecular weight excluding hydrogens is 295 g/mol. The number of nitrogens with two attached hydrogens (primary N) is 1. The zero-order chi connectivity index (χ0) is 15.8. The molecule has 1 aromatic carbocycles. The third-order valence-electron chi connectivity index (χ3n) is 3.97. The van der Waals surface area contributed by atoms with Crippen molar-refractivity contribution in [2.45, 2.75) is 19.6 Å². The fraction of sp³-hybridized carbons (Fsp3) is 0.188. The van der Waals surface area contributed by atoms with Crippen LogP contribution in [0.25, 0.3) is 0 Å². The second-order valence-corrected chi connectivity index (χ2v) is 5.53. The van der Waals surface area contributed by atoms with Crippen molar-refractivity contribution in [3.8, 4) is 0 Å². The third-order valence-corrected chi connectivity index (χ3v) is 3.97. The average Bonchev–Trinajstić information content (AvgIpc) is 3.11. The smallest absolute Gasteiger partial charge is 0.221 e. The second-order valence-electron chi connectivity index (χ2n) is 5.53. The van der Waals surface area contributed by atoms with Gasteiger partial charge in [0, 0.05) is 18.3 Å². The Morgan fingerprint density at radius 3 is 2.74 bits per heavy atom. The molecule has 0 saturated heterocycles. The minimum absolute atomic E-state index is 0.230. The van der Waals surface area contributed by atoms with Crippen LogP contribution < -0.4 is 10.6 Å². The number of fused-ring (bicyclic) bond motifs is 1. The summed E-state index contributed by atoms with van der Waals surface area (Å²) < 4.78 is 15.0. The number of hydrogen-bond acceptors (Lipinski definition) is 5. The van der Waals surface area contributed by atoms with E-state index in [2.05, 4.69) is 20.0 Å². The highest BCUT2D eigenvalue weighted by atomic mass is 19.1. The van der Waals surface area contributed by atoms with Crippen molar-refractivity contribution in [3.63, 3.8) is 0 Å². The molecule has 0 amide bonds. The van der Waals surface area contributed by atoms with Gasteiger partial charge < -0.3 is 10.6 Å². The van der Waals surface area contributed by atoms with Crippen LogP contribution in [-0.4, -0.2) is 19.7 Å². The highest BCUT2D eigenvalue weighted by Crippen LogP contribution is 2.27. The number of anilines is 2. The van der Waals surface area contributed by atoms with Crippen molar-refractivity contribution in [3.05, 3.63) is 65.4 Å². The third kappa shape index (κ3) is 2.61. The topological polar surface area (TPSA) is 72.9 Å². The molecule has 3 heterocycles. The summed E-state index contributed by atoms with van der Waals surface area (Å²) in [6.07, 6.45) is 3.54. The van der Waals surface area contributed by atoms with Gasteiger partial charge in [-0.05, 0) is 23.8 Å². The summed E-state index contributed by atoms with van der Waals surface area (Å²) in [5.74, 6) is 0.848. The summed E-state index contributed by atoms with van der Waals surface area (Å²) in [5.41, 5.74) is 8.99. The molecule has 2 N–H and O–H groups in total. The molecule has 2 aromatic heterocycles. The van der Waals surface area contributed by atoms with E-state index < -0.39 is 0 Å². The Morgan fingerprint density at radius 2 is 1.96 bits per heavy atom. The Labute approximate surface area is 132 Å². The van der Waals surface area contributed by atoms with Crippen LogP contribution in [0.2, 0.25) is 0 Å². The van der Waals surface area contributed by atoms with E-state index in [1.807, 2.05) is 16.9 Å². The first-order valence-electron chi connectivity index (χ1n) is 7.30. The van der Waals surface area contributed by atoms with E-state index in [1.165, 1.54) is 17.7 Å².